The smallest absolute Gasteiger partial charge is 0.356 e. The summed E-state index contributed by atoms with van der Waals surface area (Å²) in [6.45, 7) is 0.618. The van der Waals surface area contributed by atoms with Crippen molar-refractivity contribution in [1.82, 2.24) is 14.1 Å². The largest absolute Gasteiger partial charge is 0.464 e. The number of alkyl halides is 2. The standard InChI is InChI=1S/C26H23ClF2N4O3/c1-31-22-11-16(10-19(27)23(22)32(2)26(31)35)33-8-4-5-14-9-17(18(24(28)29)12-21(14)33)15-6-7-20(30-13-15)25(34)36-3/h6-7,9-13,24H,4-5,8H2,1-3H3. The molecule has 2 aromatic carbocycles. The van der Waals surface area contributed by atoms with Crippen molar-refractivity contribution in [3.05, 3.63) is 74.9 Å². The second-order valence-electron chi connectivity index (χ2n) is 8.74. The fourth-order valence-electron chi connectivity index (χ4n) is 4.86. The number of rotatable bonds is 4. The van der Waals surface area contributed by atoms with Crippen molar-refractivity contribution in [2.75, 3.05) is 18.6 Å². The van der Waals surface area contributed by atoms with Gasteiger partial charge in [-0.25, -0.2) is 23.4 Å². The summed E-state index contributed by atoms with van der Waals surface area (Å²) in [4.78, 5) is 30.2. The molecule has 0 aliphatic carbocycles. The van der Waals surface area contributed by atoms with E-state index in [0.29, 0.717) is 39.4 Å². The Morgan fingerprint density at radius 3 is 2.58 bits per heavy atom. The molecule has 1 aliphatic rings. The maximum absolute atomic E-state index is 14.3. The Kier molecular flexibility index (Phi) is 6.04. The Balaban J connectivity index is 1.63. The molecule has 0 unspecified atom stereocenters. The zero-order chi connectivity index (χ0) is 25.7. The van der Waals surface area contributed by atoms with E-state index in [1.54, 1.807) is 32.3 Å². The summed E-state index contributed by atoms with van der Waals surface area (Å²) >= 11 is 6.57. The van der Waals surface area contributed by atoms with E-state index in [-0.39, 0.29) is 16.9 Å². The molecule has 0 saturated heterocycles. The van der Waals surface area contributed by atoms with Crippen molar-refractivity contribution in [1.29, 1.82) is 0 Å². The molecule has 0 amide bonds. The quantitative estimate of drug-likeness (QED) is 0.342. The van der Waals surface area contributed by atoms with Crippen molar-refractivity contribution < 1.29 is 18.3 Å². The van der Waals surface area contributed by atoms with E-state index in [0.717, 1.165) is 24.1 Å². The zero-order valence-corrected chi connectivity index (χ0v) is 20.6. The highest BCUT2D eigenvalue weighted by Crippen LogP contribution is 2.42. The molecule has 0 spiro atoms. The molecule has 5 rings (SSSR count). The summed E-state index contributed by atoms with van der Waals surface area (Å²) in [7, 11) is 4.59. The summed E-state index contributed by atoms with van der Waals surface area (Å²) < 4.78 is 36.2. The van der Waals surface area contributed by atoms with Gasteiger partial charge in [-0.1, -0.05) is 17.7 Å². The first-order valence-electron chi connectivity index (χ1n) is 11.3. The number of aromatic nitrogens is 3. The van der Waals surface area contributed by atoms with Crippen molar-refractivity contribution in [2.24, 2.45) is 14.1 Å². The number of halogens is 3. The predicted molar refractivity (Wildman–Crippen MR) is 134 cm³/mol. The van der Waals surface area contributed by atoms with Gasteiger partial charge in [0.2, 0.25) is 0 Å². The Bertz CT molecular complexity index is 1560. The van der Waals surface area contributed by atoms with Gasteiger partial charge >= 0.3 is 11.7 Å². The van der Waals surface area contributed by atoms with E-state index in [4.69, 9.17) is 11.6 Å². The van der Waals surface area contributed by atoms with Crippen molar-refractivity contribution in [3.8, 4) is 11.1 Å². The van der Waals surface area contributed by atoms with Crippen molar-refractivity contribution >= 4 is 40.0 Å². The molecule has 36 heavy (non-hydrogen) atoms. The lowest BCUT2D eigenvalue weighted by Crippen LogP contribution is -2.25. The second kappa shape index (κ2) is 9.05. The molecule has 2 aromatic heterocycles. The lowest BCUT2D eigenvalue weighted by Gasteiger charge is -2.33. The van der Waals surface area contributed by atoms with Gasteiger partial charge in [-0.05, 0) is 54.3 Å². The van der Waals surface area contributed by atoms with Crippen LogP contribution in [0.3, 0.4) is 0 Å². The third kappa shape index (κ3) is 3.83. The molecule has 1 aliphatic heterocycles. The maximum atomic E-state index is 14.3. The normalized spacial score (nSPS) is 13.4. The molecule has 10 heteroatoms. The lowest BCUT2D eigenvalue weighted by atomic mass is 9.92. The minimum absolute atomic E-state index is 0.103. The van der Waals surface area contributed by atoms with Gasteiger partial charge in [0, 0.05) is 49.3 Å². The third-order valence-electron chi connectivity index (χ3n) is 6.68. The molecule has 7 nitrogen and oxygen atoms in total. The van der Waals surface area contributed by atoms with Crippen LogP contribution in [0.2, 0.25) is 5.02 Å². The molecule has 0 fully saturated rings. The van der Waals surface area contributed by atoms with Crippen LogP contribution in [0.4, 0.5) is 20.2 Å². The Hall–Kier alpha value is -3.72. The van der Waals surface area contributed by atoms with Crippen LogP contribution in [0, 0.1) is 0 Å². The van der Waals surface area contributed by atoms with Gasteiger partial charge in [-0.15, -0.1) is 0 Å². The molecule has 0 radical (unpaired) electrons. The number of carbonyl (C=O) groups excluding carboxylic acids is 1. The molecule has 3 heterocycles. The van der Waals surface area contributed by atoms with E-state index < -0.39 is 12.4 Å². The number of hydrogen-bond donors (Lipinski definition) is 0. The van der Waals surface area contributed by atoms with Crippen LogP contribution in [0.1, 0.15) is 34.5 Å². The van der Waals surface area contributed by atoms with Crippen LogP contribution in [-0.4, -0.2) is 33.7 Å². The number of pyridine rings is 1. The molecule has 0 bridgehead atoms. The number of esters is 1. The van der Waals surface area contributed by atoms with Gasteiger partial charge in [0.05, 0.1) is 23.2 Å². The van der Waals surface area contributed by atoms with Gasteiger partial charge in [0.1, 0.15) is 5.69 Å². The lowest BCUT2D eigenvalue weighted by molar-refractivity contribution is 0.0594. The molecule has 0 atom stereocenters. The van der Waals surface area contributed by atoms with Crippen molar-refractivity contribution in [2.45, 2.75) is 19.3 Å². The van der Waals surface area contributed by atoms with Gasteiger partial charge < -0.3 is 9.64 Å². The Morgan fingerprint density at radius 2 is 1.92 bits per heavy atom. The number of benzene rings is 2. The molecular formula is C26H23ClF2N4O3. The van der Waals surface area contributed by atoms with E-state index in [2.05, 4.69) is 9.72 Å². The van der Waals surface area contributed by atoms with Gasteiger partial charge in [-0.2, -0.15) is 0 Å². The highest BCUT2D eigenvalue weighted by atomic mass is 35.5. The highest BCUT2D eigenvalue weighted by molar-refractivity contribution is 6.35. The van der Waals surface area contributed by atoms with Crippen LogP contribution in [0.5, 0.6) is 0 Å². The fourth-order valence-corrected chi connectivity index (χ4v) is 5.20. The predicted octanol–water partition coefficient (Wildman–Crippen LogP) is 5.40. The van der Waals surface area contributed by atoms with Gasteiger partial charge in [0.25, 0.3) is 6.43 Å². The minimum atomic E-state index is -2.73. The average molecular weight is 513 g/mol. The third-order valence-corrected chi connectivity index (χ3v) is 6.97. The number of hydrogen-bond acceptors (Lipinski definition) is 5. The van der Waals surface area contributed by atoms with E-state index in [1.165, 1.54) is 34.6 Å². The number of imidazole rings is 1. The zero-order valence-electron chi connectivity index (χ0n) is 19.9. The number of anilines is 2. The van der Waals surface area contributed by atoms with Crippen LogP contribution in [0.15, 0.2) is 47.4 Å². The van der Waals surface area contributed by atoms with Gasteiger partial charge in [0.15, 0.2) is 0 Å². The first kappa shape index (κ1) is 24.0. The van der Waals surface area contributed by atoms with E-state index in [1.807, 2.05) is 11.0 Å². The number of aryl methyl sites for hydroxylation is 3. The van der Waals surface area contributed by atoms with E-state index in [9.17, 15) is 18.4 Å². The molecule has 4 aromatic rings. The molecule has 0 saturated carbocycles. The van der Waals surface area contributed by atoms with Crippen molar-refractivity contribution in [3.63, 3.8) is 0 Å². The molecular weight excluding hydrogens is 490 g/mol. The first-order valence-corrected chi connectivity index (χ1v) is 11.7. The summed E-state index contributed by atoms with van der Waals surface area (Å²) in [6.07, 6.45) is 0.207. The maximum Gasteiger partial charge on any atom is 0.356 e. The monoisotopic (exact) mass is 512 g/mol. The topological polar surface area (TPSA) is 69.4 Å². The average Bonchev–Trinajstić information content (AvgIpc) is 3.11. The minimum Gasteiger partial charge on any atom is -0.464 e. The van der Waals surface area contributed by atoms with Gasteiger partial charge in [-0.3, -0.25) is 9.13 Å². The van der Waals surface area contributed by atoms with E-state index >= 15 is 0 Å². The number of nitrogens with zero attached hydrogens (tertiary/aromatic N) is 4. The summed E-state index contributed by atoms with van der Waals surface area (Å²) in [5.41, 5.74) is 4.24. The Labute approximate surface area is 210 Å². The highest BCUT2D eigenvalue weighted by Gasteiger charge is 2.26. The number of fused-ring (bicyclic) bond motifs is 2. The number of carbonyl (C=O) groups is 1. The molecule has 0 N–H and O–H groups in total. The van der Waals surface area contributed by atoms with Crippen LogP contribution < -0.4 is 10.6 Å². The van der Waals surface area contributed by atoms with Crippen LogP contribution in [0.25, 0.3) is 22.2 Å². The fraction of sp³-hybridized carbons (Fsp3) is 0.269. The Morgan fingerprint density at radius 1 is 1.14 bits per heavy atom. The number of methoxy groups -OCH3 is 1. The van der Waals surface area contributed by atoms with Crippen LogP contribution >= 0.6 is 11.6 Å². The second-order valence-corrected chi connectivity index (χ2v) is 9.15. The number of ether oxygens (including phenoxy) is 1. The van der Waals surface area contributed by atoms with Crippen LogP contribution in [-0.2, 0) is 25.3 Å². The first-order chi connectivity index (χ1) is 17.2. The SMILES string of the molecule is COC(=O)c1ccc(-c2cc3c(cc2C(F)F)N(c2cc(Cl)c4c(c2)n(C)c(=O)n4C)CCC3)cn1. The molecule has 186 valence electrons. The summed E-state index contributed by atoms with van der Waals surface area (Å²) in [5.74, 6) is -0.594. The summed E-state index contributed by atoms with van der Waals surface area (Å²) in [5, 5.41) is 0.414. The summed E-state index contributed by atoms with van der Waals surface area (Å²) in [6, 6.07) is 9.98.